The molecule has 0 unspecified atom stereocenters. The predicted octanol–water partition coefficient (Wildman–Crippen LogP) is 2.10. The van der Waals surface area contributed by atoms with Crippen LogP contribution in [-0.2, 0) is 6.54 Å². The van der Waals surface area contributed by atoms with E-state index in [0.717, 1.165) is 10.0 Å². The van der Waals surface area contributed by atoms with Gasteiger partial charge in [-0.15, -0.1) is 0 Å². The van der Waals surface area contributed by atoms with E-state index in [4.69, 9.17) is 5.73 Å². The third kappa shape index (κ3) is 3.46. The average Bonchev–Trinajstić information content (AvgIpc) is 2.88. The number of halogens is 1. The van der Waals surface area contributed by atoms with Crippen LogP contribution in [0.1, 0.15) is 29.0 Å². The molecule has 0 saturated carbocycles. The second-order valence-electron chi connectivity index (χ2n) is 4.50. The van der Waals surface area contributed by atoms with Crippen molar-refractivity contribution in [2.24, 2.45) is 5.73 Å². The van der Waals surface area contributed by atoms with Crippen molar-refractivity contribution in [3.05, 3.63) is 52.5 Å². The fraction of sp³-hybridized carbons (Fsp3) is 0.286. The fourth-order valence-electron chi connectivity index (χ4n) is 1.92. The van der Waals surface area contributed by atoms with Crippen LogP contribution >= 0.6 is 15.9 Å². The minimum atomic E-state index is -0.191. The number of imidazole rings is 1. The zero-order chi connectivity index (χ0) is 14.5. The van der Waals surface area contributed by atoms with E-state index in [1.54, 1.807) is 17.1 Å². The number of nitrogens with two attached hydrogens (primary N) is 1. The van der Waals surface area contributed by atoms with Crippen molar-refractivity contribution < 1.29 is 4.79 Å². The molecule has 1 atom stereocenters. The minimum absolute atomic E-state index is 0.0993. The van der Waals surface area contributed by atoms with E-state index in [-0.39, 0.29) is 11.9 Å². The Morgan fingerprint density at radius 1 is 1.50 bits per heavy atom. The molecule has 0 spiro atoms. The number of nitrogens with one attached hydrogen (secondary N) is 1. The van der Waals surface area contributed by atoms with Gasteiger partial charge in [0.15, 0.2) is 0 Å². The number of nitrogens with zero attached hydrogens (tertiary/aromatic N) is 2. The second-order valence-corrected chi connectivity index (χ2v) is 5.36. The van der Waals surface area contributed by atoms with Gasteiger partial charge in [-0.1, -0.05) is 34.1 Å². The molecule has 0 aliphatic rings. The van der Waals surface area contributed by atoms with Gasteiger partial charge in [0.25, 0.3) is 5.91 Å². The van der Waals surface area contributed by atoms with Crippen molar-refractivity contribution in [3.8, 4) is 0 Å². The van der Waals surface area contributed by atoms with Gasteiger partial charge in [-0.05, 0) is 18.6 Å². The summed E-state index contributed by atoms with van der Waals surface area (Å²) in [5, 5.41) is 2.93. The molecule has 0 radical (unpaired) electrons. The van der Waals surface area contributed by atoms with E-state index in [9.17, 15) is 4.79 Å². The van der Waals surface area contributed by atoms with Crippen molar-refractivity contribution in [1.29, 1.82) is 0 Å². The van der Waals surface area contributed by atoms with Crippen LogP contribution in [0.5, 0.6) is 0 Å². The summed E-state index contributed by atoms with van der Waals surface area (Å²) in [7, 11) is 0. The minimum Gasteiger partial charge on any atom is -0.344 e. The Labute approximate surface area is 126 Å². The highest BCUT2D eigenvalue weighted by Gasteiger charge is 2.15. The Morgan fingerprint density at radius 2 is 2.25 bits per heavy atom. The van der Waals surface area contributed by atoms with Crippen LogP contribution in [0, 0.1) is 0 Å². The third-order valence-corrected chi connectivity index (χ3v) is 3.69. The fourth-order valence-corrected chi connectivity index (χ4v) is 2.55. The first-order valence-corrected chi connectivity index (χ1v) is 7.18. The maximum Gasteiger partial charge on any atom is 0.271 e. The summed E-state index contributed by atoms with van der Waals surface area (Å²) in [6.45, 7) is 3.11. The molecule has 5 nitrogen and oxygen atoms in total. The molecule has 106 valence electrons. The Hall–Kier alpha value is -1.66. The molecule has 3 N–H and O–H groups in total. The van der Waals surface area contributed by atoms with Gasteiger partial charge in [0.05, 0.1) is 12.4 Å². The number of rotatable bonds is 5. The Kier molecular flexibility index (Phi) is 4.92. The molecule has 1 aromatic carbocycles. The van der Waals surface area contributed by atoms with Gasteiger partial charge in [-0.2, -0.15) is 0 Å². The highest BCUT2D eigenvalue weighted by molar-refractivity contribution is 9.10. The van der Waals surface area contributed by atoms with Crippen LogP contribution in [0.2, 0.25) is 0 Å². The van der Waals surface area contributed by atoms with Crippen LogP contribution in [0.3, 0.4) is 0 Å². The van der Waals surface area contributed by atoms with Crippen LogP contribution < -0.4 is 11.1 Å². The lowest BCUT2D eigenvalue weighted by Crippen LogP contribution is -2.27. The molecule has 1 amide bonds. The van der Waals surface area contributed by atoms with Gasteiger partial charge < -0.3 is 15.6 Å². The number of aromatic nitrogens is 2. The van der Waals surface area contributed by atoms with Crippen molar-refractivity contribution in [3.63, 3.8) is 0 Å². The first-order chi connectivity index (χ1) is 9.61. The molecule has 1 heterocycles. The zero-order valence-corrected chi connectivity index (χ0v) is 12.8. The molecule has 0 saturated heterocycles. The largest absolute Gasteiger partial charge is 0.344 e. The first-order valence-electron chi connectivity index (χ1n) is 6.39. The molecule has 2 aromatic rings. The average molecular weight is 337 g/mol. The third-order valence-electron chi connectivity index (χ3n) is 2.97. The lowest BCUT2D eigenvalue weighted by Gasteiger charge is -2.14. The zero-order valence-electron chi connectivity index (χ0n) is 11.2. The number of carbonyl (C=O) groups excluding carboxylic acids is 1. The number of carbonyl (C=O) groups is 1. The molecule has 0 fully saturated rings. The van der Waals surface area contributed by atoms with Crippen molar-refractivity contribution in [2.75, 3.05) is 6.54 Å². The highest BCUT2D eigenvalue weighted by atomic mass is 79.9. The smallest absolute Gasteiger partial charge is 0.271 e. The predicted molar refractivity (Wildman–Crippen MR) is 81.3 cm³/mol. The molecule has 20 heavy (non-hydrogen) atoms. The summed E-state index contributed by atoms with van der Waals surface area (Å²) in [4.78, 5) is 16.2. The maximum atomic E-state index is 12.1. The number of hydrogen-bond donors (Lipinski definition) is 2. The van der Waals surface area contributed by atoms with Gasteiger partial charge in [0.1, 0.15) is 5.69 Å². The highest BCUT2D eigenvalue weighted by Crippen LogP contribution is 2.22. The summed E-state index contributed by atoms with van der Waals surface area (Å²) in [5.74, 6) is -0.191. The van der Waals surface area contributed by atoms with Gasteiger partial charge in [0, 0.05) is 23.8 Å². The van der Waals surface area contributed by atoms with Crippen LogP contribution in [0.25, 0.3) is 0 Å². The van der Waals surface area contributed by atoms with Crippen molar-refractivity contribution in [1.82, 2.24) is 14.9 Å². The van der Waals surface area contributed by atoms with Crippen LogP contribution in [0.15, 0.2) is 41.3 Å². The molecule has 6 heteroatoms. The molecule has 0 aliphatic carbocycles. The SMILES string of the molecule is C[C@@H](NC(=O)c1cn(CCN)cn1)c1ccccc1Br. The van der Waals surface area contributed by atoms with Gasteiger partial charge in [-0.3, -0.25) is 4.79 Å². The van der Waals surface area contributed by atoms with Gasteiger partial charge in [0.2, 0.25) is 0 Å². The monoisotopic (exact) mass is 336 g/mol. The molecule has 2 rings (SSSR count). The number of amides is 1. The summed E-state index contributed by atoms with van der Waals surface area (Å²) < 4.78 is 2.78. The van der Waals surface area contributed by atoms with E-state index in [0.29, 0.717) is 18.8 Å². The Morgan fingerprint density at radius 3 is 2.95 bits per heavy atom. The second kappa shape index (κ2) is 6.67. The quantitative estimate of drug-likeness (QED) is 0.878. The van der Waals surface area contributed by atoms with Crippen LogP contribution in [0.4, 0.5) is 0 Å². The number of hydrogen-bond acceptors (Lipinski definition) is 3. The Bertz CT molecular complexity index is 596. The lowest BCUT2D eigenvalue weighted by molar-refractivity contribution is 0.0935. The van der Waals surface area contributed by atoms with E-state index in [1.165, 1.54) is 0 Å². The molecule has 1 aromatic heterocycles. The normalized spacial score (nSPS) is 12.2. The molecular formula is C14H17BrN4O. The van der Waals surface area contributed by atoms with E-state index < -0.39 is 0 Å². The van der Waals surface area contributed by atoms with Crippen molar-refractivity contribution >= 4 is 21.8 Å². The van der Waals surface area contributed by atoms with E-state index in [1.807, 2.05) is 31.2 Å². The summed E-state index contributed by atoms with van der Waals surface area (Å²) in [6, 6.07) is 7.71. The topological polar surface area (TPSA) is 72.9 Å². The standard InChI is InChI=1S/C14H17BrN4O/c1-10(11-4-2-3-5-12(11)15)18-14(20)13-8-19(7-6-16)9-17-13/h2-5,8-10H,6-7,16H2,1H3,(H,18,20)/t10-/m1/s1. The molecule has 0 bridgehead atoms. The maximum absolute atomic E-state index is 12.1. The summed E-state index contributed by atoms with van der Waals surface area (Å²) >= 11 is 3.48. The lowest BCUT2D eigenvalue weighted by atomic mass is 10.1. The van der Waals surface area contributed by atoms with Crippen molar-refractivity contribution in [2.45, 2.75) is 19.5 Å². The van der Waals surface area contributed by atoms with E-state index in [2.05, 4.69) is 26.2 Å². The van der Waals surface area contributed by atoms with Crippen LogP contribution in [-0.4, -0.2) is 22.0 Å². The molecular weight excluding hydrogens is 320 g/mol. The first kappa shape index (κ1) is 14.7. The number of benzene rings is 1. The Balaban J connectivity index is 2.05. The summed E-state index contributed by atoms with van der Waals surface area (Å²) in [6.07, 6.45) is 3.32. The molecule has 0 aliphatic heterocycles. The van der Waals surface area contributed by atoms with Gasteiger partial charge in [-0.25, -0.2) is 4.98 Å². The summed E-state index contributed by atoms with van der Waals surface area (Å²) in [5.41, 5.74) is 6.90. The van der Waals surface area contributed by atoms with Gasteiger partial charge >= 0.3 is 0 Å². The van der Waals surface area contributed by atoms with E-state index >= 15 is 0 Å².